The van der Waals surface area contributed by atoms with E-state index in [-0.39, 0.29) is 24.5 Å². The van der Waals surface area contributed by atoms with E-state index in [1.54, 1.807) is 12.1 Å². The van der Waals surface area contributed by atoms with Gasteiger partial charge in [0.2, 0.25) is 5.91 Å². The van der Waals surface area contributed by atoms with Crippen LogP contribution in [0.3, 0.4) is 0 Å². The lowest BCUT2D eigenvalue weighted by molar-refractivity contribution is -0.117. The third-order valence-electron chi connectivity index (χ3n) is 4.87. The maximum absolute atomic E-state index is 12.8. The van der Waals surface area contributed by atoms with Crippen LogP contribution in [0, 0.1) is 0 Å². The normalized spacial score (nSPS) is 18.4. The van der Waals surface area contributed by atoms with Gasteiger partial charge in [0.25, 0.3) is 5.91 Å². The standard InChI is InChI=1S/C20H19ClN4O2/c21-13-5-6-15-12(7-13)9-17(24-15)20(27)25-16-8-11-3-1-2-4-14(11)19(16)23-10-18(22)26/h1-7,9,16,19,23-24H,8,10H2,(H2,22,26)(H,25,27)/t16-,19+/m1/s1. The molecule has 7 heteroatoms. The number of nitrogens with two attached hydrogens (primary N) is 1. The zero-order chi connectivity index (χ0) is 19.0. The van der Waals surface area contributed by atoms with Gasteiger partial charge >= 0.3 is 0 Å². The summed E-state index contributed by atoms with van der Waals surface area (Å²) in [5, 5.41) is 7.74. The zero-order valence-electron chi connectivity index (χ0n) is 14.5. The fourth-order valence-corrected chi connectivity index (χ4v) is 3.84. The predicted octanol–water partition coefficient (Wildman–Crippen LogP) is 2.29. The first kappa shape index (κ1) is 17.6. The number of aromatic amines is 1. The van der Waals surface area contributed by atoms with E-state index in [0.717, 1.165) is 22.0 Å². The Morgan fingerprint density at radius 1 is 1.19 bits per heavy atom. The number of halogens is 1. The Hall–Kier alpha value is -2.83. The van der Waals surface area contributed by atoms with Crippen molar-refractivity contribution in [3.8, 4) is 0 Å². The molecule has 138 valence electrons. The van der Waals surface area contributed by atoms with Crippen LogP contribution >= 0.6 is 11.6 Å². The van der Waals surface area contributed by atoms with E-state index >= 15 is 0 Å². The van der Waals surface area contributed by atoms with E-state index in [9.17, 15) is 9.59 Å². The van der Waals surface area contributed by atoms with Crippen molar-refractivity contribution >= 4 is 34.3 Å². The van der Waals surface area contributed by atoms with E-state index in [1.165, 1.54) is 0 Å². The number of hydrogen-bond donors (Lipinski definition) is 4. The van der Waals surface area contributed by atoms with Gasteiger partial charge < -0.3 is 16.0 Å². The average Bonchev–Trinajstić information content (AvgIpc) is 3.20. The summed E-state index contributed by atoms with van der Waals surface area (Å²) in [5.41, 5.74) is 8.82. The molecule has 1 aromatic heterocycles. The Balaban J connectivity index is 1.56. The van der Waals surface area contributed by atoms with Crippen molar-refractivity contribution in [2.75, 3.05) is 6.54 Å². The van der Waals surface area contributed by atoms with Crippen molar-refractivity contribution in [3.05, 3.63) is 70.4 Å². The summed E-state index contributed by atoms with van der Waals surface area (Å²) < 4.78 is 0. The molecule has 2 aromatic carbocycles. The van der Waals surface area contributed by atoms with Crippen LogP contribution in [0.5, 0.6) is 0 Å². The molecular weight excluding hydrogens is 364 g/mol. The van der Waals surface area contributed by atoms with Gasteiger partial charge in [-0.05, 0) is 41.8 Å². The highest BCUT2D eigenvalue weighted by molar-refractivity contribution is 6.31. The molecule has 0 aliphatic heterocycles. The summed E-state index contributed by atoms with van der Waals surface area (Å²) >= 11 is 6.02. The number of amides is 2. The molecule has 0 bridgehead atoms. The van der Waals surface area contributed by atoms with Crippen LogP contribution in [0.15, 0.2) is 48.5 Å². The van der Waals surface area contributed by atoms with Crippen molar-refractivity contribution < 1.29 is 9.59 Å². The van der Waals surface area contributed by atoms with Gasteiger partial charge in [0.05, 0.1) is 18.6 Å². The van der Waals surface area contributed by atoms with Crippen LogP contribution in [0.4, 0.5) is 0 Å². The summed E-state index contributed by atoms with van der Waals surface area (Å²) in [6, 6.07) is 14.8. The third-order valence-corrected chi connectivity index (χ3v) is 5.11. The Kier molecular flexibility index (Phi) is 4.59. The van der Waals surface area contributed by atoms with E-state index in [1.807, 2.05) is 36.4 Å². The smallest absolute Gasteiger partial charge is 0.268 e. The molecule has 0 unspecified atom stereocenters. The fraction of sp³-hybridized carbons (Fsp3) is 0.200. The van der Waals surface area contributed by atoms with Crippen LogP contribution in [-0.4, -0.2) is 29.4 Å². The van der Waals surface area contributed by atoms with Crippen molar-refractivity contribution in [1.82, 2.24) is 15.6 Å². The van der Waals surface area contributed by atoms with Crippen molar-refractivity contribution in [1.29, 1.82) is 0 Å². The summed E-state index contributed by atoms with van der Waals surface area (Å²) in [6.07, 6.45) is 0.685. The van der Waals surface area contributed by atoms with Gasteiger partial charge in [0.1, 0.15) is 5.69 Å². The Bertz CT molecular complexity index is 1030. The molecule has 2 atom stereocenters. The van der Waals surface area contributed by atoms with Crippen LogP contribution in [0.1, 0.15) is 27.7 Å². The molecule has 0 saturated carbocycles. The number of aromatic nitrogens is 1. The third kappa shape index (κ3) is 3.54. The van der Waals surface area contributed by atoms with Crippen LogP contribution in [0.25, 0.3) is 10.9 Å². The van der Waals surface area contributed by atoms with Gasteiger partial charge in [0, 0.05) is 15.9 Å². The summed E-state index contributed by atoms with van der Waals surface area (Å²) in [6.45, 7) is 0.0518. The number of carbonyl (C=O) groups is 2. The van der Waals surface area contributed by atoms with E-state index < -0.39 is 5.91 Å². The molecule has 4 rings (SSSR count). The molecule has 0 spiro atoms. The molecule has 1 aliphatic carbocycles. The molecule has 2 amide bonds. The lowest BCUT2D eigenvalue weighted by Gasteiger charge is -2.22. The number of rotatable bonds is 5. The molecule has 0 radical (unpaired) electrons. The first-order valence-corrected chi connectivity index (χ1v) is 9.07. The number of nitrogens with one attached hydrogen (secondary N) is 3. The lowest BCUT2D eigenvalue weighted by Crippen LogP contribution is -2.44. The minimum absolute atomic E-state index is 0.0518. The highest BCUT2D eigenvalue weighted by Crippen LogP contribution is 2.31. The molecule has 27 heavy (non-hydrogen) atoms. The van der Waals surface area contributed by atoms with Gasteiger partial charge in [0.15, 0.2) is 0 Å². The number of hydrogen-bond acceptors (Lipinski definition) is 3. The second-order valence-corrected chi connectivity index (χ2v) is 7.16. The van der Waals surface area contributed by atoms with Gasteiger partial charge in [-0.25, -0.2) is 0 Å². The number of carbonyl (C=O) groups excluding carboxylic acids is 2. The maximum Gasteiger partial charge on any atom is 0.268 e. The average molecular weight is 383 g/mol. The van der Waals surface area contributed by atoms with Gasteiger partial charge in [-0.1, -0.05) is 35.9 Å². The minimum atomic E-state index is -0.433. The molecular formula is C20H19ClN4O2. The molecule has 0 saturated heterocycles. The van der Waals surface area contributed by atoms with Crippen molar-refractivity contribution in [3.63, 3.8) is 0 Å². The van der Waals surface area contributed by atoms with Gasteiger partial charge in [-0.3, -0.25) is 14.9 Å². The number of H-pyrrole nitrogens is 1. The first-order valence-electron chi connectivity index (χ1n) is 8.70. The Labute approximate surface area is 161 Å². The van der Waals surface area contributed by atoms with Gasteiger partial charge in [-0.15, -0.1) is 0 Å². The summed E-state index contributed by atoms with van der Waals surface area (Å²) in [7, 11) is 0. The molecule has 3 aromatic rings. The molecule has 1 heterocycles. The van der Waals surface area contributed by atoms with Crippen molar-refractivity contribution in [2.45, 2.75) is 18.5 Å². The highest BCUT2D eigenvalue weighted by Gasteiger charge is 2.33. The van der Waals surface area contributed by atoms with Crippen LogP contribution in [0.2, 0.25) is 5.02 Å². The van der Waals surface area contributed by atoms with Crippen LogP contribution in [-0.2, 0) is 11.2 Å². The molecule has 5 N–H and O–H groups in total. The maximum atomic E-state index is 12.8. The lowest BCUT2D eigenvalue weighted by atomic mass is 10.1. The topological polar surface area (TPSA) is 100 Å². The van der Waals surface area contributed by atoms with Crippen molar-refractivity contribution in [2.24, 2.45) is 5.73 Å². The van der Waals surface area contributed by atoms with Crippen LogP contribution < -0.4 is 16.4 Å². The molecule has 6 nitrogen and oxygen atoms in total. The monoisotopic (exact) mass is 382 g/mol. The largest absolute Gasteiger partial charge is 0.369 e. The van der Waals surface area contributed by atoms with E-state index in [4.69, 9.17) is 17.3 Å². The highest BCUT2D eigenvalue weighted by atomic mass is 35.5. The number of primary amides is 1. The predicted molar refractivity (Wildman–Crippen MR) is 105 cm³/mol. The molecule has 1 aliphatic rings. The minimum Gasteiger partial charge on any atom is -0.369 e. The summed E-state index contributed by atoms with van der Waals surface area (Å²) in [4.78, 5) is 27.1. The van der Waals surface area contributed by atoms with E-state index in [2.05, 4.69) is 15.6 Å². The SMILES string of the molecule is NC(=O)CN[C@H]1c2ccccc2C[C@H]1NC(=O)c1cc2cc(Cl)ccc2[nH]1. The Morgan fingerprint density at radius 2 is 2.00 bits per heavy atom. The second-order valence-electron chi connectivity index (χ2n) is 6.72. The summed E-state index contributed by atoms with van der Waals surface area (Å²) in [5.74, 6) is -0.636. The quantitative estimate of drug-likeness (QED) is 0.544. The van der Waals surface area contributed by atoms with Gasteiger partial charge in [-0.2, -0.15) is 0 Å². The number of fused-ring (bicyclic) bond motifs is 2. The first-order chi connectivity index (χ1) is 13.0. The fourth-order valence-electron chi connectivity index (χ4n) is 3.66. The second kappa shape index (κ2) is 7.06. The number of benzene rings is 2. The molecule has 0 fully saturated rings. The Morgan fingerprint density at radius 3 is 2.81 bits per heavy atom. The van der Waals surface area contributed by atoms with E-state index in [0.29, 0.717) is 17.1 Å². The zero-order valence-corrected chi connectivity index (χ0v) is 15.2.